The van der Waals surface area contributed by atoms with Gasteiger partial charge in [0.25, 0.3) is 0 Å². The highest BCUT2D eigenvalue weighted by Gasteiger charge is 2.17. The zero-order valence-electron chi connectivity index (χ0n) is 11.0. The lowest BCUT2D eigenvalue weighted by molar-refractivity contribution is 0.0475. The monoisotopic (exact) mass is 212 g/mol. The maximum atomic E-state index is 5.89. The van der Waals surface area contributed by atoms with E-state index in [1.165, 1.54) is 38.5 Å². The summed E-state index contributed by atoms with van der Waals surface area (Å²) in [5.41, 5.74) is 0.465. The second kappa shape index (κ2) is 5.89. The molecule has 0 aromatic rings. The van der Waals surface area contributed by atoms with Gasteiger partial charge in [0.1, 0.15) is 0 Å². The molecule has 0 saturated heterocycles. The van der Waals surface area contributed by atoms with E-state index in [-0.39, 0.29) is 0 Å². The lowest BCUT2D eigenvalue weighted by atomic mass is 9.84. The predicted octanol–water partition coefficient (Wildman–Crippen LogP) is 4.41. The first-order chi connectivity index (χ1) is 6.97. The number of rotatable bonds is 5. The van der Waals surface area contributed by atoms with Crippen LogP contribution in [0.1, 0.15) is 66.2 Å². The van der Waals surface area contributed by atoms with E-state index in [9.17, 15) is 0 Å². The molecule has 1 fully saturated rings. The molecule has 0 heterocycles. The third-order valence-electron chi connectivity index (χ3n) is 3.23. The summed E-state index contributed by atoms with van der Waals surface area (Å²) < 4.78 is 5.89. The normalized spacial score (nSPS) is 20.8. The summed E-state index contributed by atoms with van der Waals surface area (Å²) in [6.45, 7) is 10.3. The van der Waals surface area contributed by atoms with Crippen molar-refractivity contribution in [3.63, 3.8) is 0 Å². The highest BCUT2D eigenvalue weighted by atomic mass is 16.5. The van der Waals surface area contributed by atoms with Crippen molar-refractivity contribution in [1.29, 1.82) is 0 Å². The molecule has 0 aliphatic heterocycles. The number of hydrogen-bond donors (Lipinski definition) is 0. The Morgan fingerprint density at radius 3 is 2.33 bits per heavy atom. The zero-order valence-corrected chi connectivity index (χ0v) is 11.0. The summed E-state index contributed by atoms with van der Waals surface area (Å²) in [5.74, 6) is 0.798. The van der Waals surface area contributed by atoms with Gasteiger partial charge in [-0.05, 0) is 37.0 Å². The molecule has 1 rings (SSSR count). The molecule has 0 amide bonds. The van der Waals surface area contributed by atoms with Crippen LogP contribution in [0.5, 0.6) is 0 Å². The zero-order chi connectivity index (χ0) is 11.3. The smallest absolute Gasteiger partial charge is 0.0575 e. The quantitative estimate of drug-likeness (QED) is 0.656. The fourth-order valence-electron chi connectivity index (χ4n) is 2.64. The molecule has 0 spiro atoms. The molecular formula is C14H28O. The van der Waals surface area contributed by atoms with Gasteiger partial charge in [-0.25, -0.2) is 0 Å². The van der Waals surface area contributed by atoms with Crippen molar-refractivity contribution in [3.05, 3.63) is 0 Å². The molecule has 0 aromatic heterocycles. The van der Waals surface area contributed by atoms with E-state index in [1.807, 2.05) is 0 Å². The third-order valence-corrected chi connectivity index (χ3v) is 3.23. The van der Waals surface area contributed by atoms with Crippen molar-refractivity contribution in [1.82, 2.24) is 0 Å². The largest absolute Gasteiger partial charge is 0.378 e. The SMILES string of the molecule is CC(CCOC1CCCC1)CC(C)(C)C. The van der Waals surface area contributed by atoms with Gasteiger partial charge in [0.15, 0.2) is 0 Å². The Morgan fingerprint density at radius 2 is 1.80 bits per heavy atom. The van der Waals surface area contributed by atoms with Gasteiger partial charge < -0.3 is 4.74 Å². The highest BCUT2D eigenvalue weighted by molar-refractivity contribution is 4.68. The van der Waals surface area contributed by atoms with Crippen LogP contribution in [0.3, 0.4) is 0 Å². The fourth-order valence-corrected chi connectivity index (χ4v) is 2.64. The van der Waals surface area contributed by atoms with Gasteiger partial charge >= 0.3 is 0 Å². The van der Waals surface area contributed by atoms with Crippen LogP contribution in [-0.4, -0.2) is 12.7 Å². The van der Waals surface area contributed by atoms with Gasteiger partial charge in [-0.1, -0.05) is 40.5 Å². The van der Waals surface area contributed by atoms with E-state index in [0.29, 0.717) is 11.5 Å². The van der Waals surface area contributed by atoms with Crippen molar-refractivity contribution in [2.45, 2.75) is 72.3 Å². The maximum absolute atomic E-state index is 5.89. The average Bonchev–Trinajstić information content (AvgIpc) is 2.53. The maximum Gasteiger partial charge on any atom is 0.0575 e. The van der Waals surface area contributed by atoms with Gasteiger partial charge in [-0.2, -0.15) is 0 Å². The summed E-state index contributed by atoms with van der Waals surface area (Å²) in [7, 11) is 0. The molecule has 0 aromatic carbocycles. The topological polar surface area (TPSA) is 9.23 Å². The molecular weight excluding hydrogens is 184 g/mol. The lowest BCUT2D eigenvalue weighted by Gasteiger charge is -2.23. The molecule has 1 unspecified atom stereocenters. The summed E-state index contributed by atoms with van der Waals surface area (Å²) >= 11 is 0. The van der Waals surface area contributed by atoms with Gasteiger partial charge in [0.05, 0.1) is 6.10 Å². The summed E-state index contributed by atoms with van der Waals surface area (Å²) in [4.78, 5) is 0. The van der Waals surface area contributed by atoms with Gasteiger partial charge in [-0.3, -0.25) is 0 Å². The minimum atomic E-state index is 0.465. The highest BCUT2D eigenvalue weighted by Crippen LogP contribution is 2.26. The second-order valence-corrected chi connectivity index (χ2v) is 6.44. The van der Waals surface area contributed by atoms with Crippen LogP contribution < -0.4 is 0 Å². The van der Waals surface area contributed by atoms with Crippen molar-refractivity contribution in [2.24, 2.45) is 11.3 Å². The van der Waals surface area contributed by atoms with Crippen LogP contribution >= 0.6 is 0 Å². The van der Waals surface area contributed by atoms with E-state index >= 15 is 0 Å². The number of ether oxygens (including phenoxy) is 1. The molecule has 1 nitrogen and oxygen atoms in total. The summed E-state index contributed by atoms with van der Waals surface area (Å²) in [6, 6.07) is 0. The van der Waals surface area contributed by atoms with Crippen LogP contribution in [0.25, 0.3) is 0 Å². The molecule has 0 bridgehead atoms. The van der Waals surface area contributed by atoms with Crippen LogP contribution in [0.2, 0.25) is 0 Å². The van der Waals surface area contributed by atoms with Crippen molar-refractivity contribution in [3.8, 4) is 0 Å². The van der Waals surface area contributed by atoms with E-state index in [0.717, 1.165) is 12.5 Å². The molecule has 1 atom stereocenters. The minimum Gasteiger partial charge on any atom is -0.378 e. The molecule has 1 aliphatic carbocycles. The van der Waals surface area contributed by atoms with E-state index < -0.39 is 0 Å². The minimum absolute atomic E-state index is 0.465. The Bertz CT molecular complexity index is 163. The molecule has 1 heteroatoms. The predicted molar refractivity (Wildman–Crippen MR) is 66.1 cm³/mol. The Kier molecular flexibility index (Phi) is 5.11. The van der Waals surface area contributed by atoms with E-state index in [4.69, 9.17) is 4.74 Å². The Labute approximate surface area is 95.6 Å². The Balaban J connectivity index is 2.03. The second-order valence-electron chi connectivity index (χ2n) is 6.44. The first kappa shape index (κ1) is 13.0. The standard InChI is InChI=1S/C14H28O/c1-12(11-14(2,3)4)9-10-15-13-7-5-6-8-13/h12-13H,5-11H2,1-4H3. The summed E-state index contributed by atoms with van der Waals surface area (Å²) in [5, 5.41) is 0. The van der Waals surface area contributed by atoms with E-state index in [1.54, 1.807) is 0 Å². The van der Waals surface area contributed by atoms with Gasteiger partial charge in [0.2, 0.25) is 0 Å². The van der Waals surface area contributed by atoms with Gasteiger partial charge in [0, 0.05) is 6.61 Å². The molecule has 1 saturated carbocycles. The van der Waals surface area contributed by atoms with Crippen molar-refractivity contribution >= 4 is 0 Å². The first-order valence-electron chi connectivity index (χ1n) is 6.59. The summed E-state index contributed by atoms with van der Waals surface area (Å²) in [6.07, 6.45) is 8.48. The molecule has 15 heavy (non-hydrogen) atoms. The number of hydrogen-bond acceptors (Lipinski definition) is 1. The average molecular weight is 212 g/mol. The first-order valence-corrected chi connectivity index (χ1v) is 6.59. The van der Waals surface area contributed by atoms with Crippen molar-refractivity contribution in [2.75, 3.05) is 6.61 Å². The molecule has 0 radical (unpaired) electrons. The Hall–Kier alpha value is -0.0400. The van der Waals surface area contributed by atoms with Crippen LogP contribution in [0.4, 0.5) is 0 Å². The third kappa shape index (κ3) is 6.19. The van der Waals surface area contributed by atoms with Crippen molar-refractivity contribution < 1.29 is 4.74 Å². The molecule has 0 N–H and O–H groups in total. The van der Waals surface area contributed by atoms with Gasteiger partial charge in [-0.15, -0.1) is 0 Å². The molecule has 1 aliphatic rings. The lowest BCUT2D eigenvalue weighted by Crippen LogP contribution is -2.15. The fraction of sp³-hybridized carbons (Fsp3) is 1.00. The van der Waals surface area contributed by atoms with Crippen LogP contribution in [-0.2, 0) is 4.74 Å². The van der Waals surface area contributed by atoms with Crippen LogP contribution in [0, 0.1) is 11.3 Å². The Morgan fingerprint density at radius 1 is 1.20 bits per heavy atom. The van der Waals surface area contributed by atoms with E-state index in [2.05, 4.69) is 27.7 Å². The molecule has 90 valence electrons. The van der Waals surface area contributed by atoms with Crippen LogP contribution in [0.15, 0.2) is 0 Å².